The Hall–Kier alpha value is -3.87. The Bertz CT molecular complexity index is 1250. The molecule has 6 nitrogen and oxygen atoms in total. The zero-order valence-corrected chi connectivity index (χ0v) is 15.6. The molecule has 29 heavy (non-hydrogen) atoms. The molecule has 2 aromatic heterocycles. The van der Waals surface area contributed by atoms with Gasteiger partial charge in [0.2, 0.25) is 0 Å². The van der Waals surface area contributed by atoms with Gasteiger partial charge in [-0.3, -0.25) is 14.2 Å². The van der Waals surface area contributed by atoms with Crippen molar-refractivity contribution in [3.05, 3.63) is 88.6 Å². The highest BCUT2D eigenvalue weighted by Gasteiger charge is 2.13. The van der Waals surface area contributed by atoms with Crippen LogP contribution in [0.25, 0.3) is 22.4 Å². The topological polar surface area (TPSA) is 76.9 Å². The average molecular weight is 388 g/mol. The van der Waals surface area contributed by atoms with Crippen LogP contribution in [-0.4, -0.2) is 20.4 Å². The monoisotopic (exact) mass is 388 g/mol. The SMILES string of the molecule is CCn1c(=O)c(-c2ccc(C(=O)Nc3ccc(F)cc3)cc2)nc2cccnc21. The number of pyridine rings is 1. The van der Waals surface area contributed by atoms with Gasteiger partial charge in [0.25, 0.3) is 11.5 Å². The van der Waals surface area contributed by atoms with Crippen LogP contribution >= 0.6 is 0 Å². The molecule has 0 aliphatic heterocycles. The van der Waals surface area contributed by atoms with Crippen LogP contribution in [-0.2, 0) is 6.54 Å². The van der Waals surface area contributed by atoms with E-state index in [0.29, 0.717) is 40.2 Å². The fraction of sp³-hybridized carbons (Fsp3) is 0.0909. The molecule has 0 bridgehead atoms. The van der Waals surface area contributed by atoms with Gasteiger partial charge in [-0.15, -0.1) is 0 Å². The molecule has 0 atom stereocenters. The maximum Gasteiger partial charge on any atom is 0.278 e. The number of nitrogens with zero attached hydrogens (tertiary/aromatic N) is 3. The lowest BCUT2D eigenvalue weighted by Crippen LogP contribution is -2.23. The van der Waals surface area contributed by atoms with Crippen molar-refractivity contribution in [2.24, 2.45) is 0 Å². The molecule has 0 aliphatic rings. The van der Waals surface area contributed by atoms with Crippen molar-refractivity contribution in [3.8, 4) is 11.3 Å². The van der Waals surface area contributed by atoms with Gasteiger partial charge in [-0.2, -0.15) is 0 Å². The zero-order chi connectivity index (χ0) is 20.4. The number of hydrogen-bond acceptors (Lipinski definition) is 4. The second kappa shape index (κ2) is 7.63. The lowest BCUT2D eigenvalue weighted by molar-refractivity contribution is 0.102. The minimum absolute atomic E-state index is 0.234. The molecule has 0 radical (unpaired) electrons. The molecular weight excluding hydrogens is 371 g/mol. The molecule has 0 aliphatic carbocycles. The van der Waals surface area contributed by atoms with Gasteiger partial charge < -0.3 is 5.32 Å². The van der Waals surface area contributed by atoms with E-state index in [4.69, 9.17) is 0 Å². The zero-order valence-electron chi connectivity index (χ0n) is 15.6. The van der Waals surface area contributed by atoms with Crippen LogP contribution in [0.1, 0.15) is 17.3 Å². The van der Waals surface area contributed by atoms with E-state index in [1.807, 2.05) is 13.0 Å². The number of nitrogens with one attached hydrogen (secondary N) is 1. The molecule has 0 unspecified atom stereocenters. The summed E-state index contributed by atoms with van der Waals surface area (Å²) in [5, 5.41) is 2.70. The van der Waals surface area contributed by atoms with Crippen LogP contribution in [0.15, 0.2) is 71.7 Å². The van der Waals surface area contributed by atoms with Gasteiger partial charge in [-0.25, -0.2) is 14.4 Å². The van der Waals surface area contributed by atoms with Gasteiger partial charge in [0, 0.05) is 29.6 Å². The Morgan fingerprint density at radius 2 is 1.79 bits per heavy atom. The summed E-state index contributed by atoms with van der Waals surface area (Å²) < 4.78 is 14.6. The van der Waals surface area contributed by atoms with Crippen LogP contribution < -0.4 is 10.9 Å². The smallest absolute Gasteiger partial charge is 0.278 e. The summed E-state index contributed by atoms with van der Waals surface area (Å²) in [5.74, 6) is -0.701. The Morgan fingerprint density at radius 1 is 1.07 bits per heavy atom. The Labute approximate surface area is 165 Å². The van der Waals surface area contributed by atoms with Gasteiger partial charge in [0.05, 0.1) is 0 Å². The molecular formula is C22H17FN4O2. The second-order valence-electron chi connectivity index (χ2n) is 6.39. The molecule has 144 valence electrons. The summed E-state index contributed by atoms with van der Waals surface area (Å²) in [6.07, 6.45) is 1.63. The molecule has 7 heteroatoms. The minimum atomic E-state index is -0.372. The third-order valence-corrected chi connectivity index (χ3v) is 4.54. The lowest BCUT2D eigenvalue weighted by atomic mass is 10.1. The quantitative estimate of drug-likeness (QED) is 0.576. The summed E-state index contributed by atoms with van der Waals surface area (Å²) in [4.78, 5) is 34.0. The van der Waals surface area contributed by atoms with Crippen molar-refractivity contribution in [2.45, 2.75) is 13.5 Å². The van der Waals surface area contributed by atoms with Gasteiger partial charge in [-0.1, -0.05) is 12.1 Å². The normalized spacial score (nSPS) is 10.8. The molecule has 0 spiro atoms. The van der Waals surface area contributed by atoms with E-state index in [-0.39, 0.29) is 17.3 Å². The third-order valence-electron chi connectivity index (χ3n) is 4.54. The summed E-state index contributed by atoms with van der Waals surface area (Å²) in [5.41, 5.74) is 2.76. The number of aryl methyl sites for hydroxylation is 1. The van der Waals surface area contributed by atoms with Crippen LogP contribution in [0.3, 0.4) is 0 Å². The van der Waals surface area contributed by atoms with Crippen molar-refractivity contribution in [1.29, 1.82) is 0 Å². The van der Waals surface area contributed by atoms with Crippen LogP contribution in [0, 0.1) is 5.82 Å². The average Bonchev–Trinajstić information content (AvgIpc) is 2.75. The third kappa shape index (κ3) is 3.62. The number of anilines is 1. The van der Waals surface area contributed by atoms with E-state index < -0.39 is 0 Å². The van der Waals surface area contributed by atoms with Crippen LogP contribution in [0.2, 0.25) is 0 Å². The van der Waals surface area contributed by atoms with Crippen molar-refractivity contribution in [3.63, 3.8) is 0 Å². The molecule has 2 heterocycles. The van der Waals surface area contributed by atoms with Gasteiger partial charge >= 0.3 is 0 Å². The van der Waals surface area contributed by atoms with E-state index in [0.717, 1.165) is 0 Å². The van der Waals surface area contributed by atoms with Crippen LogP contribution in [0.4, 0.5) is 10.1 Å². The van der Waals surface area contributed by atoms with Gasteiger partial charge in [-0.05, 0) is 55.5 Å². The van der Waals surface area contributed by atoms with Crippen LogP contribution in [0.5, 0.6) is 0 Å². The summed E-state index contributed by atoms with van der Waals surface area (Å²) >= 11 is 0. The number of aromatic nitrogens is 3. The summed E-state index contributed by atoms with van der Waals surface area (Å²) in [7, 11) is 0. The number of carbonyl (C=O) groups is 1. The maximum atomic E-state index is 13.0. The predicted molar refractivity (Wildman–Crippen MR) is 109 cm³/mol. The number of amides is 1. The first-order valence-electron chi connectivity index (χ1n) is 9.09. The number of benzene rings is 2. The number of carbonyl (C=O) groups excluding carboxylic acids is 1. The first-order valence-corrected chi connectivity index (χ1v) is 9.09. The van der Waals surface area contributed by atoms with Crippen molar-refractivity contribution in [1.82, 2.24) is 14.5 Å². The highest BCUT2D eigenvalue weighted by molar-refractivity contribution is 6.04. The highest BCUT2D eigenvalue weighted by Crippen LogP contribution is 2.18. The van der Waals surface area contributed by atoms with Gasteiger partial charge in [0.1, 0.15) is 17.0 Å². The van der Waals surface area contributed by atoms with Crippen molar-refractivity contribution in [2.75, 3.05) is 5.32 Å². The first-order chi connectivity index (χ1) is 14.1. The van der Waals surface area contributed by atoms with E-state index in [1.165, 1.54) is 24.3 Å². The Kier molecular flexibility index (Phi) is 4.87. The number of fused-ring (bicyclic) bond motifs is 1. The highest BCUT2D eigenvalue weighted by atomic mass is 19.1. The Morgan fingerprint density at radius 3 is 2.48 bits per heavy atom. The van der Waals surface area contributed by atoms with E-state index in [9.17, 15) is 14.0 Å². The fourth-order valence-corrected chi connectivity index (χ4v) is 3.07. The molecule has 0 saturated carbocycles. The fourth-order valence-electron chi connectivity index (χ4n) is 3.07. The minimum Gasteiger partial charge on any atom is -0.322 e. The van der Waals surface area contributed by atoms with E-state index in [1.54, 1.807) is 41.1 Å². The van der Waals surface area contributed by atoms with Crippen molar-refractivity contribution < 1.29 is 9.18 Å². The van der Waals surface area contributed by atoms with E-state index in [2.05, 4.69) is 15.3 Å². The Balaban J connectivity index is 1.66. The number of rotatable bonds is 4. The molecule has 0 saturated heterocycles. The lowest BCUT2D eigenvalue weighted by Gasteiger charge is -2.10. The summed E-state index contributed by atoms with van der Waals surface area (Å²) in [6, 6.07) is 15.7. The second-order valence-corrected chi connectivity index (χ2v) is 6.39. The van der Waals surface area contributed by atoms with Gasteiger partial charge in [0.15, 0.2) is 5.65 Å². The first kappa shape index (κ1) is 18.5. The molecule has 4 rings (SSSR count). The molecule has 1 N–H and O–H groups in total. The van der Waals surface area contributed by atoms with Crippen molar-refractivity contribution >= 4 is 22.8 Å². The molecule has 0 fully saturated rings. The molecule has 2 aromatic carbocycles. The summed E-state index contributed by atoms with van der Waals surface area (Å²) in [6.45, 7) is 2.35. The maximum absolute atomic E-state index is 13.0. The number of hydrogen-bond donors (Lipinski definition) is 1. The van der Waals surface area contributed by atoms with E-state index >= 15 is 0 Å². The molecule has 4 aromatic rings. The number of halogens is 1. The molecule has 1 amide bonds. The standard InChI is InChI=1S/C22H17FN4O2/c1-2-27-20-18(4-3-13-24-20)26-19(22(27)29)14-5-7-15(8-6-14)21(28)25-17-11-9-16(23)10-12-17/h3-13H,2H2,1H3,(H,25,28). The predicted octanol–water partition coefficient (Wildman–Crippen LogP) is 3.87. The largest absolute Gasteiger partial charge is 0.322 e.